The van der Waals surface area contributed by atoms with Crippen LogP contribution >= 0.6 is 0 Å². The van der Waals surface area contributed by atoms with Gasteiger partial charge in [0, 0.05) is 33.4 Å². The quantitative estimate of drug-likeness (QED) is 0.511. The van der Waals surface area contributed by atoms with Crippen LogP contribution in [0.25, 0.3) is 10.9 Å². The third kappa shape index (κ3) is 2.75. The fraction of sp³-hybridized carbons (Fsp3) is 0.235. The van der Waals surface area contributed by atoms with Crippen LogP contribution in [-0.4, -0.2) is 27.3 Å². The van der Waals surface area contributed by atoms with Crippen molar-refractivity contribution in [2.24, 2.45) is 5.10 Å². The van der Waals surface area contributed by atoms with Crippen molar-refractivity contribution >= 4 is 23.0 Å². The predicted molar refractivity (Wildman–Crippen MR) is 90.8 cm³/mol. The first-order valence-electron chi connectivity index (χ1n) is 7.56. The van der Waals surface area contributed by atoms with Crippen molar-refractivity contribution in [3.05, 3.63) is 52.5 Å². The fourth-order valence-corrected chi connectivity index (χ4v) is 2.67. The maximum atomic E-state index is 12.2. The summed E-state index contributed by atoms with van der Waals surface area (Å²) in [6, 6.07) is 7.99. The minimum absolute atomic E-state index is 0.313. The van der Waals surface area contributed by atoms with Crippen molar-refractivity contribution in [2.45, 2.75) is 27.2 Å². The first-order chi connectivity index (χ1) is 11.1. The Bertz CT molecular complexity index is 888. The number of nitrogens with one attached hydrogen (secondary N) is 3. The zero-order valence-corrected chi connectivity index (χ0v) is 13.4. The summed E-state index contributed by atoms with van der Waals surface area (Å²) in [7, 11) is 0. The van der Waals surface area contributed by atoms with Crippen LogP contribution in [0.5, 0.6) is 0 Å². The second-order valence-electron chi connectivity index (χ2n) is 5.44. The van der Waals surface area contributed by atoms with Crippen LogP contribution in [0.4, 0.5) is 0 Å². The van der Waals surface area contributed by atoms with Crippen LogP contribution < -0.4 is 5.43 Å². The topological polar surface area (TPSA) is 85.9 Å². The summed E-state index contributed by atoms with van der Waals surface area (Å²) in [6.07, 6.45) is 2.47. The summed E-state index contributed by atoms with van der Waals surface area (Å²) < 4.78 is 0. The lowest BCUT2D eigenvalue weighted by Gasteiger charge is -1.98. The standard InChI is InChI=1S/C17H19N5O/c1-4-14-10(2)16(21-20-14)17(23)22-18-9-13-11(3)19-15-8-6-5-7-12(13)15/h5-9,19H,4H2,1-3H3,(H,20,21)(H,22,23)/b18-9+. The molecule has 0 spiro atoms. The van der Waals surface area contributed by atoms with E-state index in [1.54, 1.807) is 6.21 Å². The molecular formula is C17H19N5O. The van der Waals surface area contributed by atoms with Gasteiger partial charge in [0.2, 0.25) is 0 Å². The van der Waals surface area contributed by atoms with Gasteiger partial charge in [-0.1, -0.05) is 25.1 Å². The third-order valence-corrected chi connectivity index (χ3v) is 3.98. The molecule has 0 radical (unpaired) electrons. The Morgan fingerprint density at radius 1 is 1.35 bits per heavy atom. The highest BCUT2D eigenvalue weighted by Gasteiger charge is 2.14. The molecule has 2 heterocycles. The Hall–Kier alpha value is -2.89. The van der Waals surface area contributed by atoms with E-state index < -0.39 is 0 Å². The van der Waals surface area contributed by atoms with Gasteiger partial charge in [0.05, 0.1) is 6.21 Å². The van der Waals surface area contributed by atoms with Crippen LogP contribution in [-0.2, 0) is 6.42 Å². The summed E-state index contributed by atoms with van der Waals surface area (Å²) >= 11 is 0. The van der Waals surface area contributed by atoms with E-state index in [4.69, 9.17) is 0 Å². The van der Waals surface area contributed by atoms with E-state index in [0.29, 0.717) is 5.69 Å². The Labute approximate surface area is 134 Å². The van der Waals surface area contributed by atoms with Gasteiger partial charge in [-0.15, -0.1) is 0 Å². The molecule has 0 fully saturated rings. The molecule has 0 saturated carbocycles. The van der Waals surface area contributed by atoms with Crippen LogP contribution in [0.1, 0.15) is 39.9 Å². The van der Waals surface area contributed by atoms with E-state index in [0.717, 1.165) is 39.8 Å². The Morgan fingerprint density at radius 3 is 2.87 bits per heavy atom. The predicted octanol–water partition coefficient (Wildman–Crippen LogP) is 2.83. The molecule has 3 rings (SSSR count). The normalized spacial score (nSPS) is 11.4. The second-order valence-corrected chi connectivity index (χ2v) is 5.44. The number of benzene rings is 1. The molecular weight excluding hydrogens is 290 g/mol. The Morgan fingerprint density at radius 2 is 2.13 bits per heavy atom. The molecule has 0 aliphatic carbocycles. The highest BCUT2D eigenvalue weighted by Crippen LogP contribution is 2.19. The number of amides is 1. The average molecular weight is 309 g/mol. The van der Waals surface area contributed by atoms with Crippen molar-refractivity contribution in [1.82, 2.24) is 20.6 Å². The lowest BCUT2D eigenvalue weighted by atomic mass is 10.1. The summed E-state index contributed by atoms with van der Waals surface area (Å²) in [5.41, 5.74) is 7.78. The molecule has 0 saturated heterocycles. The second kappa shape index (κ2) is 6.08. The number of para-hydroxylation sites is 1. The van der Waals surface area contributed by atoms with Crippen molar-refractivity contribution in [2.75, 3.05) is 0 Å². The molecule has 3 N–H and O–H groups in total. The van der Waals surface area contributed by atoms with Crippen molar-refractivity contribution in [3.63, 3.8) is 0 Å². The number of carbonyl (C=O) groups excluding carboxylic acids is 1. The fourth-order valence-electron chi connectivity index (χ4n) is 2.67. The van der Waals surface area contributed by atoms with Gasteiger partial charge in [0.1, 0.15) is 0 Å². The summed E-state index contributed by atoms with van der Waals surface area (Å²) in [4.78, 5) is 15.5. The van der Waals surface area contributed by atoms with Crippen LogP contribution in [0, 0.1) is 13.8 Å². The van der Waals surface area contributed by atoms with E-state index in [1.807, 2.05) is 45.0 Å². The molecule has 0 bridgehead atoms. The van der Waals surface area contributed by atoms with Gasteiger partial charge in [0.15, 0.2) is 5.69 Å². The SMILES string of the molecule is CCc1[nH]nc(C(=O)N/N=C/c2c(C)[nH]c3ccccc23)c1C. The molecule has 2 aromatic heterocycles. The number of fused-ring (bicyclic) bond motifs is 1. The zero-order chi connectivity index (χ0) is 16.4. The largest absolute Gasteiger partial charge is 0.358 e. The number of rotatable bonds is 4. The molecule has 0 atom stereocenters. The van der Waals surface area contributed by atoms with Gasteiger partial charge in [-0.05, 0) is 26.3 Å². The zero-order valence-electron chi connectivity index (χ0n) is 13.4. The number of aromatic amines is 2. The lowest BCUT2D eigenvalue weighted by Crippen LogP contribution is -2.19. The van der Waals surface area contributed by atoms with E-state index in [9.17, 15) is 4.79 Å². The molecule has 6 nitrogen and oxygen atoms in total. The molecule has 1 aromatic carbocycles. The molecule has 3 aromatic rings. The molecule has 0 aliphatic rings. The van der Waals surface area contributed by atoms with E-state index in [2.05, 4.69) is 25.7 Å². The minimum atomic E-state index is -0.313. The third-order valence-electron chi connectivity index (χ3n) is 3.98. The number of carbonyl (C=O) groups is 1. The van der Waals surface area contributed by atoms with Crippen LogP contribution in [0.15, 0.2) is 29.4 Å². The number of nitrogens with zero attached hydrogens (tertiary/aromatic N) is 2. The van der Waals surface area contributed by atoms with Gasteiger partial charge < -0.3 is 4.98 Å². The van der Waals surface area contributed by atoms with Crippen molar-refractivity contribution in [1.29, 1.82) is 0 Å². The van der Waals surface area contributed by atoms with Gasteiger partial charge in [-0.25, -0.2) is 5.43 Å². The monoisotopic (exact) mass is 309 g/mol. The highest BCUT2D eigenvalue weighted by atomic mass is 16.2. The van der Waals surface area contributed by atoms with Gasteiger partial charge in [-0.2, -0.15) is 10.2 Å². The van der Waals surface area contributed by atoms with E-state index in [1.165, 1.54) is 0 Å². The molecule has 0 aliphatic heterocycles. The number of H-pyrrole nitrogens is 2. The molecule has 6 heteroatoms. The van der Waals surface area contributed by atoms with E-state index in [-0.39, 0.29) is 5.91 Å². The van der Waals surface area contributed by atoms with Crippen molar-refractivity contribution in [3.8, 4) is 0 Å². The number of hydrogen-bond acceptors (Lipinski definition) is 3. The molecule has 118 valence electrons. The molecule has 0 unspecified atom stereocenters. The maximum Gasteiger partial charge on any atom is 0.292 e. The Balaban J connectivity index is 1.79. The molecule has 23 heavy (non-hydrogen) atoms. The maximum absolute atomic E-state index is 12.2. The van der Waals surface area contributed by atoms with Crippen molar-refractivity contribution < 1.29 is 4.79 Å². The number of hydrazone groups is 1. The minimum Gasteiger partial charge on any atom is -0.358 e. The van der Waals surface area contributed by atoms with Crippen LogP contribution in [0.3, 0.4) is 0 Å². The van der Waals surface area contributed by atoms with Gasteiger partial charge in [-0.3, -0.25) is 9.89 Å². The summed E-state index contributed by atoms with van der Waals surface area (Å²) in [5.74, 6) is -0.313. The summed E-state index contributed by atoms with van der Waals surface area (Å²) in [5, 5.41) is 12.1. The number of aryl methyl sites for hydroxylation is 2. The van der Waals surface area contributed by atoms with E-state index >= 15 is 0 Å². The average Bonchev–Trinajstić information content (AvgIpc) is 3.07. The first kappa shape index (κ1) is 15.0. The summed E-state index contributed by atoms with van der Waals surface area (Å²) in [6.45, 7) is 5.87. The first-order valence-corrected chi connectivity index (χ1v) is 7.56. The molecule has 1 amide bonds. The smallest absolute Gasteiger partial charge is 0.292 e. The highest BCUT2D eigenvalue weighted by molar-refractivity contribution is 6.01. The lowest BCUT2D eigenvalue weighted by molar-refractivity contribution is 0.0949. The number of aromatic nitrogens is 3. The number of hydrogen-bond donors (Lipinski definition) is 3. The van der Waals surface area contributed by atoms with Gasteiger partial charge >= 0.3 is 0 Å². The van der Waals surface area contributed by atoms with Crippen LogP contribution in [0.2, 0.25) is 0 Å². The van der Waals surface area contributed by atoms with Gasteiger partial charge in [0.25, 0.3) is 5.91 Å². The Kier molecular flexibility index (Phi) is 3.97.